The van der Waals surface area contributed by atoms with E-state index in [1.165, 1.54) is 24.7 Å². The van der Waals surface area contributed by atoms with E-state index in [9.17, 15) is 19.5 Å². The minimum atomic E-state index is -0.626. The molecule has 2 aliphatic rings. The van der Waals surface area contributed by atoms with Gasteiger partial charge in [-0.2, -0.15) is 0 Å². The number of anilines is 1. The van der Waals surface area contributed by atoms with Gasteiger partial charge in [0.15, 0.2) is 17.3 Å². The number of amides is 3. The Hall–Kier alpha value is -4.54. The van der Waals surface area contributed by atoms with Crippen LogP contribution in [0.15, 0.2) is 42.9 Å². The maximum Gasteiger partial charge on any atom is 0.272 e. The molecule has 2 aromatic heterocycles. The number of hydrogen-bond acceptors (Lipinski definition) is 8. The zero-order valence-corrected chi connectivity index (χ0v) is 21.2. The predicted octanol–water partition coefficient (Wildman–Crippen LogP) is 3.11. The van der Waals surface area contributed by atoms with Crippen molar-refractivity contribution in [2.24, 2.45) is 0 Å². The lowest BCUT2D eigenvalue weighted by Gasteiger charge is -2.30. The molecular weight excluding hydrogens is 488 g/mol. The van der Waals surface area contributed by atoms with Crippen LogP contribution in [0.25, 0.3) is 0 Å². The Balaban J connectivity index is 1.45. The molecule has 1 aromatic carbocycles. The average Bonchev–Trinajstić information content (AvgIpc) is 3.26. The lowest BCUT2D eigenvalue weighted by Crippen LogP contribution is -2.42. The highest BCUT2D eigenvalue weighted by atomic mass is 16.5. The molecule has 2 aliphatic heterocycles. The van der Waals surface area contributed by atoms with Crippen molar-refractivity contribution in [1.29, 1.82) is 0 Å². The van der Waals surface area contributed by atoms with Gasteiger partial charge < -0.3 is 25.0 Å². The number of benzene rings is 1. The number of likely N-dealkylation sites (N-methyl/N-ethyl adjacent to an activating group) is 1. The quantitative estimate of drug-likeness (QED) is 0.489. The van der Waals surface area contributed by atoms with Gasteiger partial charge >= 0.3 is 0 Å². The largest absolute Gasteiger partial charge is 0.504 e. The number of rotatable bonds is 7. The van der Waals surface area contributed by atoms with Gasteiger partial charge in [0.2, 0.25) is 5.91 Å². The van der Waals surface area contributed by atoms with Gasteiger partial charge in [-0.1, -0.05) is 0 Å². The fourth-order valence-corrected chi connectivity index (χ4v) is 4.46. The van der Waals surface area contributed by atoms with Crippen molar-refractivity contribution in [3.63, 3.8) is 0 Å². The van der Waals surface area contributed by atoms with E-state index in [1.54, 1.807) is 34.9 Å². The summed E-state index contributed by atoms with van der Waals surface area (Å²) in [5, 5.41) is 13.7. The molecule has 11 nitrogen and oxygen atoms in total. The number of carbonyl (C=O) groups is 3. The van der Waals surface area contributed by atoms with Crippen LogP contribution < -0.4 is 10.1 Å². The number of nitrogens with zero attached hydrogens (tertiary/aromatic N) is 5. The number of aromatic nitrogens is 3. The van der Waals surface area contributed by atoms with Crippen LogP contribution in [-0.2, 0) is 4.79 Å². The van der Waals surface area contributed by atoms with E-state index >= 15 is 0 Å². The van der Waals surface area contributed by atoms with Gasteiger partial charge in [0.05, 0.1) is 35.8 Å². The first-order valence-electron chi connectivity index (χ1n) is 12.5. The molecule has 1 atom stereocenters. The molecule has 0 radical (unpaired) electrons. The Morgan fingerprint density at radius 3 is 2.53 bits per heavy atom. The summed E-state index contributed by atoms with van der Waals surface area (Å²) >= 11 is 0. The van der Waals surface area contributed by atoms with Crippen LogP contribution in [0.5, 0.6) is 17.2 Å². The predicted molar refractivity (Wildman–Crippen MR) is 137 cm³/mol. The van der Waals surface area contributed by atoms with E-state index in [4.69, 9.17) is 4.74 Å². The van der Waals surface area contributed by atoms with Gasteiger partial charge in [-0.25, -0.2) is 9.97 Å². The lowest BCUT2D eigenvalue weighted by atomic mass is 9.94. The lowest BCUT2D eigenvalue weighted by molar-refractivity contribution is -0.128. The average molecular weight is 517 g/mol. The SMILES string of the molecule is CCN1CC[C@@H](c2cc(Oc3ccc(C(=O)N4CCC4)nc3)c(O)c(C(=O)Nc3cnc(C)cn3)c2)C1=O. The van der Waals surface area contributed by atoms with Gasteiger partial charge in [-0.05, 0) is 56.5 Å². The fraction of sp³-hybridized carbons (Fsp3) is 0.333. The molecule has 2 saturated heterocycles. The summed E-state index contributed by atoms with van der Waals surface area (Å²) in [7, 11) is 0. The molecule has 38 heavy (non-hydrogen) atoms. The normalized spacial score (nSPS) is 16.8. The standard InChI is InChI=1S/C27H28N6O5/c1-3-32-10-7-19(26(32)36)17-11-20(25(35)31-23-15-28-16(2)13-30-23)24(34)22(12-17)38-18-5-6-21(29-14-18)27(37)33-8-4-9-33/h5-6,11-15,19,34H,3-4,7-10H2,1-2H3,(H,30,31,35)/t19-/m0/s1. The Labute approximate surface area is 219 Å². The van der Waals surface area contributed by atoms with E-state index < -0.39 is 17.6 Å². The summed E-state index contributed by atoms with van der Waals surface area (Å²) in [5.74, 6) is -1.22. The van der Waals surface area contributed by atoms with Crippen LogP contribution in [0.1, 0.15) is 57.8 Å². The third-order valence-electron chi connectivity index (χ3n) is 6.77. The van der Waals surface area contributed by atoms with Crippen LogP contribution in [0.2, 0.25) is 0 Å². The summed E-state index contributed by atoms with van der Waals surface area (Å²) in [5.41, 5.74) is 1.47. The van der Waals surface area contributed by atoms with Gasteiger partial charge in [0, 0.05) is 26.2 Å². The Morgan fingerprint density at radius 2 is 1.92 bits per heavy atom. The molecule has 2 fully saturated rings. The topological polar surface area (TPSA) is 138 Å². The number of carbonyl (C=O) groups excluding carboxylic acids is 3. The van der Waals surface area contributed by atoms with Gasteiger partial charge in [-0.15, -0.1) is 0 Å². The molecule has 11 heteroatoms. The fourth-order valence-electron chi connectivity index (χ4n) is 4.46. The first-order valence-corrected chi connectivity index (χ1v) is 12.5. The molecule has 0 bridgehead atoms. The third-order valence-corrected chi connectivity index (χ3v) is 6.77. The van der Waals surface area contributed by atoms with E-state index in [-0.39, 0.29) is 34.7 Å². The maximum absolute atomic E-state index is 13.2. The van der Waals surface area contributed by atoms with Gasteiger partial charge in [0.25, 0.3) is 11.8 Å². The van der Waals surface area contributed by atoms with Gasteiger partial charge in [-0.3, -0.25) is 19.4 Å². The Morgan fingerprint density at radius 1 is 1.11 bits per heavy atom. The van der Waals surface area contributed by atoms with Crippen molar-refractivity contribution >= 4 is 23.5 Å². The van der Waals surface area contributed by atoms with Crippen LogP contribution in [-0.4, -0.2) is 73.8 Å². The number of nitrogens with one attached hydrogen (secondary N) is 1. The molecule has 0 aliphatic carbocycles. The van der Waals surface area contributed by atoms with Crippen LogP contribution in [0.3, 0.4) is 0 Å². The molecule has 0 spiro atoms. The third kappa shape index (κ3) is 4.99. The molecule has 0 saturated carbocycles. The van der Waals surface area contributed by atoms with Crippen molar-refractivity contribution in [2.45, 2.75) is 32.6 Å². The first-order chi connectivity index (χ1) is 18.3. The minimum Gasteiger partial charge on any atom is -0.504 e. The second-order valence-corrected chi connectivity index (χ2v) is 9.30. The number of ether oxygens (including phenoxy) is 1. The van der Waals surface area contributed by atoms with E-state index in [0.717, 1.165) is 6.42 Å². The molecule has 3 amide bonds. The molecular formula is C27H28N6O5. The van der Waals surface area contributed by atoms with E-state index in [2.05, 4.69) is 20.3 Å². The first kappa shape index (κ1) is 25.1. The van der Waals surface area contributed by atoms with Crippen molar-refractivity contribution in [2.75, 3.05) is 31.5 Å². The Bertz CT molecular complexity index is 1370. The molecule has 0 unspecified atom stereocenters. The number of hydrogen-bond donors (Lipinski definition) is 2. The summed E-state index contributed by atoms with van der Waals surface area (Å²) in [6.45, 7) is 6.31. The van der Waals surface area contributed by atoms with Crippen molar-refractivity contribution in [3.05, 3.63) is 65.4 Å². The van der Waals surface area contributed by atoms with Crippen LogP contribution in [0, 0.1) is 6.92 Å². The van der Waals surface area contributed by atoms with Crippen LogP contribution >= 0.6 is 0 Å². The second kappa shape index (κ2) is 10.4. The number of pyridine rings is 1. The zero-order valence-electron chi connectivity index (χ0n) is 21.2. The molecule has 5 rings (SSSR count). The van der Waals surface area contributed by atoms with E-state index in [1.807, 2.05) is 6.92 Å². The molecule has 3 aromatic rings. The minimum absolute atomic E-state index is 0.00555. The summed E-state index contributed by atoms with van der Waals surface area (Å²) in [6, 6.07) is 6.21. The summed E-state index contributed by atoms with van der Waals surface area (Å²) < 4.78 is 5.92. The summed E-state index contributed by atoms with van der Waals surface area (Å²) in [4.78, 5) is 54.4. The smallest absolute Gasteiger partial charge is 0.272 e. The monoisotopic (exact) mass is 516 g/mol. The van der Waals surface area contributed by atoms with Crippen molar-refractivity contribution in [1.82, 2.24) is 24.8 Å². The number of likely N-dealkylation sites (tertiary alicyclic amines) is 2. The van der Waals surface area contributed by atoms with Crippen LogP contribution in [0.4, 0.5) is 5.82 Å². The number of phenolic OH excluding ortho intramolecular Hbond substituents is 1. The highest BCUT2D eigenvalue weighted by Crippen LogP contribution is 2.39. The highest BCUT2D eigenvalue weighted by Gasteiger charge is 2.33. The highest BCUT2D eigenvalue weighted by molar-refractivity contribution is 6.06. The number of phenols is 1. The molecule has 4 heterocycles. The Kier molecular flexibility index (Phi) is 6.91. The molecule has 196 valence electrons. The van der Waals surface area contributed by atoms with Crippen molar-refractivity contribution in [3.8, 4) is 17.2 Å². The zero-order chi connectivity index (χ0) is 26.8. The molecule has 2 N–H and O–H groups in total. The number of aryl methyl sites for hydroxylation is 1. The summed E-state index contributed by atoms with van der Waals surface area (Å²) in [6.07, 6.45) is 5.88. The number of aromatic hydroxyl groups is 1. The maximum atomic E-state index is 13.2. The van der Waals surface area contributed by atoms with E-state index in [0.29, 0.717) is 49.6 Å². The van der Waals surface area contributed by atoms with Crippen molar-refractivity contribution < 1.29 is 24.2 Å². The van der Waals surface area contributed by atoms with Gasteiger partial charge in [0.1, 0.15) is 11.4 Å². The second-order valence-electron chi connectivity index (χ2n) is 9.30.